The number of methoxy groups -OCH3 is 1. The number of hydrogen-bond donors (Lipinski definition) is 0. The van der Waals surface area contributed by atoms with Gasteiger partial charge in [0.15, 0.2) is 0 Å². The summed E-state index contributed by atoms with van der Waals surface area (Å²) in [5.74, 6) is 0.575. The van der Waals surface area contributed by atoms with Crippen molar-refractivity contribution in [1.29, 1.82) is 0 Å². The molecule has 1 aliphatic rings. The zero-order chi connectivity index (χ0) is 12.5. The van der Waals surface area contributed by atoms with E-state index < -0.39 is 10.2 Å². The van der Waals surface area contributed by atoms with Crippen LogP contribution in [0.15, 0.2) is 24.3 Å². The summed E-state index contributed by atoms with van der Waals surface area (Å²) in [7, 11) is -0.266. The minimum Gasteiger partial charge on any atom is -0.495 e. The molecule has 5 nitrogen and oxygen atoms in total. The maximum atomic E-state index is 12.2. The molecule has 0 aromatic heterocycles. The molecule has 1 aromatic rings. The lowest BCUT2D eigenvalue weighted by Crippen LogP contribution is -2.48. The molecule has 2 rings (SSSR count). The molecule has 1 heterocycles. The van der Waals surface area contributed by atoms with Crippen LogP contribution >= 0.6 is 0 Å². The fraction of sp³-hybridized carbons (Fsp3) is 0.455. The van der Waals surface area contributed by atoms with Crippen LogP contribution in [0.3, 0.4) is 0 Å². The maximum Gasteiger partial charge on any atom is 0.303 e. The molecule has 17 heavy (non-hydrogen) atoms. The molecule has 1 saturated heterocycles. The fourth-order valence-electron chi connectivity index (χ4n) is 1.92. The highest BCUT2D eigenvalue weighted by molar-refractivity contribution is 7.90. The average molecular weight is 256 g/mol. The summed E-state index contributed by atoms with van der Waals surface area (Å²) in [4.78, 5) is 0. The summed E-state index contributed by atoms with van der Waals surface area (Å²) in [5, 5.41) is 0. The topological polar surface area (TPSA) is 49.9 Å². The lowest BCUT2D eigenvalue weighted by Gasteiger charge is -2.34. The quantitative estimate of drug-likeness (QED) is 0.795. The van der Waals surface area contributed by atoms with Crippen LogP contribution in [-0.2, 0) is 10.2 Å². The summed E-state index contributed by atoms with van der Waals surface area (Å²) < 4.78 is 32.3. The normalized spacial score (nSPS) is 20.2. The zero-order valence-electron chi connectivity index (χ0n) is 9.96. The smallest absolute Gasteiger partial charge is 0.303 e. The first-order chi connectivity index (χ1) is 8.07. The van der Waals surface area contributed by atoms with E-state index >= 15 is 0 Å². The van der Waals surface area contributed by atoms with Crippen LogP contribution < -0.4 is 9.04 Å². The predicted octanol–water partition coefficient (Wildman–Crippen LogP) is 1.08. The lowest BCUT2D eigenvalue weighted by molar-refractivity contribution is 0.410. The average Bonchev–Trinajstić information content (AvgIpc) is 2.33. The van der Waals surface area contributed by atoms with Crippen LogP contribution in [0.25, 0.3) is 0 Å². The van der Waals surface area contributed by atoms with Crippen molar-refractivity contribution in [2.75, 3.05) is 31.6 Å². The second-order valence-corrected chi connectivity index (χ2v) is 5.89. The predicted molar refractivity (Wildman–Crippen MR) is 66.5 cm³/mol. The minimum absolute atomic E-state index is 0.493. The Morgan fingerprint density at radius 2 is 1.94 bits per heavy atom. The van der Waals surface area contributed by atoms with Crippen LogP contribution in [0.5, 0.6) is 5.75 Å². The van der Waals surface area contributed by atoms with Crippen molar-refractivity contribution in [2.24, 2.45) is 0 Å². The Morgan fingerprint density at radius 3 is 2.65 bits per heavy atom. The minimum atomic E-state index is -3.40. The number of hydrogen-bond acceptors (Lipinski definition) is 3. The van der Waals surface area contributed by atoms with Crippen LogP contribution in [0.2, 0.25) is 0 Å². The number of benzene rings is 1. The van der Waals surface area contributed by atoms with Gasteiger partial charge in [0.25, 0.3) is 0 Å². The Kier molecular flexibility index (Phi) is 3.26. The third-order valence-corrected chi connectivity index (χ3v) is 4.77. The number of nitrogens with zero attached hydrogens (tertiary/aromatic N) is 2. The monoisotopic (exact) mass is 256 g/mol. The summed E-state index contributed by atoms with van der Waals surface area (Å²) in [6, 6.07) is 7.15. The first-order valence-corrected chi connectivity index (χ1v) is 6.84. The molecule has 0 aliphatic carbocycles. The van der Waals surface area contributed by atoms with Gasteiger partial charge in [-0.15, -0.1) is 0 Å². The number of anilines is 1. The van der Waals surface area contributed by atoms with E-state index in [2.05, 4.69) is 0 Å². The fourth-order valence-corrected chi connectivity index (χ4v) is 3.37. The van der Waals surface area contributed by atoms with Gasteiger partial charge in [0.1, 0.15) is 5.75 Å². The molecular formula is C11H16N2O3S. The number of para-hydroxylation sites is 2. The standard InChI is InChI=1S/C11H16N2O3S/c1-12-8-5-9-13(17(12,14)15)10-6-3-4-7-11(10)16-2/h3-4,6-7H,5,8-9H2,1-2H3. The van der Waals surface area contributed by atoms with Gasteiger partial charge in [-0.1, -0.05) is 12.1 Å². The number of rotatable bonds is 2. The Morgan fingerprint density at radius 1 is 1.24 bits per heavy atom. The van der Waals surface area contributed by atoms with Crippen LogP contribution in [0.1, 0.15) is 6.42 Å². The van der Waals surface area contributed by atoms with Gasteiger partial charge in [0, 0.05) is 20.1 Å². The molecule has 0 saturated carbocycles. The Hall–Kier alpha value is -1.27. The highest BCUT2D eigenvalue weighted by atomic mass is 32.2. The molecule has 0 bridgehead atoms. The zero-order valence-corrected chi connectivity index (χ0v) is 10.8. The molecule has 94 valence electrons. The van der Waals surface area contributed by atoms with Crippen molar-refractivity contribution in [2.45, 2.75) is 6.42 Å². The summed E-state index contributed by atoms with van der Waals surface area (Å²) >= 11 is 0. The third-order valence-electron chi connectivity index (χ3n) is 2.86. The van der Waals surface area contributed by atoms with E-state index in [1.807, 2.05) is 12.1 Å². The Labute approximate surface area is 102 Å². The maximum absolute atomic E-state index is 12.2. The van der Waals surface area contributed by atoms with Crippen molar-refractivity contribution in [1.82, 2.24) is 4.31 Å². The summed E-state index contributed by atoms with van der Waals surface area (Å²) in [6.07, 6.45) is 0.813. The van der Waals surface area contributed by atoms with Gasteiger partial charge in [0.05, 0.1) is 12.8 Å². The molecule has 0 radical (unpaired) electrons. The third kappa shape index (κ3) is 2.10. The van der Waals surface area contributed by atoms with E-state index in [0.717, 1.165) is 6.42 Å². The molecule has 1 aromatic carbocycles. The van der Waals surface area contributed by atoms with E-state index in [1.54, 1.807) is 26.3 Å². The molecule has 0 amide bonds. The summed E-state index contributed by atoms with van der Waals surface area (Å²) in [6.45, 7) is 1.06. The first kappa shape index (κ1) is 12.2. The Balaban J connectivity index is 2.45. The first-order valence-electron chi connectivity index (χ1n) is 5.44. The van der Waals surface area contributed by atoms with E-state index in [4.69, 9.17) is 4.74 Å². The second kappa shape index (κ2) is 4.54. The molecular weight excluding hydrogens is 240 g/mol. The van der Waals surface area contributed by atoms with Crippen LogP contribution in [-0.4, -0.2) is 40.0 Å². The molecule has 6 heteroatoms. The van der Waals surface area contributed by atoms with Gasteiger partial charge in [-0.3, -0.25) is 4.31 Å². The molecule has 0 spiro atoms. The van der Waals surface area contributed by atoms with Gasteiger partial charge in [-0.25, -0.2) is 0 Å². The summed E-state index contributed by atoms with van der Waals surface area (Å²) in [5.41, 5.74) is 0.599. The molecule has 0 atom stereocenters. The van der Waals surface area contributed by atoms with Gasteiger partial charge < -0.3 is 4.74 Å². The lowest BCUT2D eigenvalue weighted by atomic mass is 10.3. The van der Waals surface area contributed by atoms with Crippen LogP contribution in [0.4, 0.5) is 5.69 Å². The van der Waals surface area contributed by atoms with E-state index in [-0.39, 0.29) is 0 Å². The van der Waals surface area contributed by atoms with Crippen molar-refractivity contribution in [3.8, 4) is 5.75 Å². The van der Waals surface area contributed by atoms with Crippen molar-refractivity contribution >= 4 is 15.9 Å². The van der Waals surface area contributed by atoms with Gasteiger partial charge >= 0.3 is 10.2 Å². The van der Waals surface area contributed by atoms with Gasteiger partial charge in [-0.2, -0.15) is 12.7 Å². The SMILES string of the molecule is COc1ccccc1N1CCCN(C)S1(=O)=O. The highest BCUT2D eigenvalue weighted by Crippen LogP contribution is 2.32. The molecule has 1 fully saturated rings. The van der Waals surface area contributed by atoms with E-state index in [0.29, 0.717) is 24.5 Å². The van der Waals surface area contributed by atoms with E-state index in [1.165, 1.54) is 8.61 Å². The largest absolute Gasteiger partial charge is 0.495 e. The second-order valence-electron chi connectivity index (χ2n) is 3.93. The van der Waals surface area contributed by atoms with Gasteiger partial charge in [0.2, 0.25) is 0 Å². The molecule has 0 unspecified atom stereocenters. The van der Waals surface area contributed by atoms with Crippen molar-refractivity contribution in [3.63, 3.8) is 0 Å². The molecule has 1 aliphatic heterocycles. The van der Waals surface area contributed by atoms with Crippen molar-refractivity contribution < 1.29 is 13.2 Å². The highest BCUT2D eigenvalue weighted by Gasteiger charge is 2.32. The van der Waals surface area contributed by atoms with Crippen LogP contribution in [0, 0.1) is 0 Å². The van der Waals surface area contributed by atoms with Crippen molar-refractivity contribution in [3.05, 3.63) is 24.3 Å². The Bertz CT molecular complexity index is 501. The van der Waals surface area contributed by atoms with E-state index in [9.17, 15) is 8.42 Å². The number of ether oxygens (including phenoxy) is 1. The molecule has 0 N–H and O–H groups in total. The van der Waals surface area contributed by atoms with Gasteiger partial charge in [-0.05, 0) is 18.6 Å².